The van der Waals surface area contributed by atoms with Gasteiger partial charge in [-0.1, -0.05) is 12.1 Å². The third kappa shape index (κ3) is 2.38. The second kappa shape index (κ2) is 5.27. The third-order valence-corrected chi connectivity index (χ3v) is 5.60. The van der Waals surface area contributed by atoms with E-state index < -0.39 is 10.0 Å². The maximum Gasteiger partial charge on any atom is 0.246 e. The molecule has 21 heavy (non-hydrogen) atoms. The molecule has 0 spiro atoms. The van der Waals surface area contributed by atoms with Crippen molar-refractivity contribution in [3.8, 4) is 5.75 Å². The Labute approximate surface area is 122 Å². The van der Waals surface area contributed by atoms with Crippen LogP contribution >= 0.6 is 0 Å². The number of fused-ring (bicyclic) bond motifs is 1. The summed E-state index contributed by atoms with van der Waals surface area (Å²) in [5.74, 6) is -0.218. The van der Waals surface area contributed by atoms with Gasteiger partial charge in [0.2, 0.25) is 10.0 Å². The molecular formula is C14H17N2O4S+. The zero-order chi connectivity index (χ0) is 15.0. The minimum atomic E-state index is -3.71. The van der Waals surface area contributed by atoms with Crippen molar-refractivity contribution in [3.05, 3.63) is 30.3 Å². The van der Waals surface area contributed by atoms with E-state index in [1.807, 2.05) is 6.07 Å². The van der Waals surface area contributed by atoms with E-state index in [2.05, 4.69) is 5.73 Å². The monoisotopic (exact) mass is 309 g/mol. The van der Waals surface area contributed by atoms with Gasteiger partial charge in [0, 0.05) is 23.9 Å². The first-order valence-electron chi connectivity index (χ1n) is 6.66. The molecule has 1 saturated heterocycles. The highest BCUT2D eigenvalue weighted by atomic mass is 32.2. The first-order chi connectivity index (χ1) is 10.0. The van der Waals surface area contributed by atoms with Gasteiger partial charge in [-0.25, -0.2) is 8.42 Å². The summed E-state index contributed by atoms with van der Waals surface area (Å²) in [7, 11) is -3.71. The maximum atomic E-state index is 12.6. The molecule has 3 rings (SSSR count). The van der Waals surface area contributed by atoms with Crippen molar-refractivity contribution < 1.29 is 24.0 Å². The molecule has 6 nitrogen and oxygen atoms in total. The molecule has 0 amide bonds. The number of rotatable bonds is 2. The van der Waals surface area contributed by atoms with Gasteiger partial charge < -0.3 is 15.6 Å². The van der Waals surface area contributed by atoms with Crippen molar-refractivity contribution >= 4 is 26.5 Å². The average Bonchev–Trinajstić information content (AvgIpc) is 2.49. The molecule has 2 aromatic carbocycles. The van der Waals surface area contributed by atoms with E-state index in [1.165, 1.54) is 10.4 Å². The van der Waals surface area contributed by atoms with Crippen LogP contribution in [0.4, 0.5) is 5.69 Å². The molecule has 1 aliphatic heterocycles. The van der Waals surface area contributed by atoms with Crippen LogP contribution < -0.4 is 5.73 Å². The zero-order valence-corrected chi connectivity index (χ0v) is 12.3. The van der Waals surface area contributed by atoms with Crippen LogP contribution in [0, 0.1) is 0 Å². The number of ether oxygens (including phenoxy) is 1. The average molecular weight is 309 g/mol. The van der Waals surface area contributed by atoms with E-state index in [9.17, 15) is 13.5 Å². The molecule has 112 valence electrons. The van der Waals surface area contributed by atoms with Crippen molar-refractivity contribution in [2.24, 2.45) is 0 Å². The largest absolute Gasteiger partial charge is 0.506 e. The van der Waals surface area contributed by atoms with Gasteiger partial charge in [0.05, 0.1) is 13.2 Å². The maximum absolute atomic E-state index is 12.6. The quantitative estimate of drug-likeness (QED) is 0.841. The fraction of sp³-hybridized carbons (Fsp3) is 0.286. The van der Waals surface area contributed by atoms with Crippen LogP contribution in [0.2, 0.25) is 0 Å². The summed E-state index contributed by atoms with van der Waals surface area (Å²) in [6.45, 7) is 1.34. The van der Waals surface area contributed by atoms with Crippen LogP contribution in [0.15, 0.2) is 35.2 Å². The first kappa shape index (κ1) is 14.3. The lowest BCUT2D eigenvalue weighted by molar-refractivity contribution is -0.252. The standard InChI is InChI=1S/C14H16N2O4S/c15-12-3-1-2-11-10(12)4-5-13(14(11)17)21(18,19)16-6-8-20-9-7-16/h1-5,17H,6-9,15H2/p+1. The van der Waals surface area contributed by atoms with Gasteiger partial charge in [0.1, 0.15) is 16.3 Å². The Bertz CT molecular complexity index is 783. The fourth-order valence-electron chi connectivity index (χ4n) is 2.52. The van der Waals surface area contributed by atoms with Gasteiger partial charge in [0.25, 0.3) is 0 Å². The van der Waals surface area contributed by atoms with Crippen molar-refractivity contribution in [1.82, 2.24) is 4.31 Å². The predicted molar refractivity (Wildman–Crippen MR) is 77.7 cm³/mol. The molecule has 0 atom stereocenters. The summed E-state index contributed by atoms with van der Waals surface area (Å²) < 4.78 is 31.8. The fourth-order valence-corrected chi connectivity index (χ4v) is 4.02. The van der Waals surface area contributed by atoms with Gasteiger partial charge in [-0.05, 0) is 18.2 Å². The number of benzene rings is 2. The van der Waals surface area contributed by atoms with Crippen molar-refractivity contribution in [3.63, 3.8) is 0 Å². The smallest absolute Gasteiger partial charge is 0.246 e. The summed E-state index contributed by atoms with van der Waals surface area (Å²) in [5.41, 5.74) is 4.63. The van der Waals surface area contributed by atoms with Crippen LogP contribution in [0.3, 0.4) is 0 Å². The van der Waals surface area contributed by atoms with Crippen LogP contribution in [-0.4, -0.2) is 44.1 Å². The Morgan fingerprint density at radius 2 is 1.81 bits per heavy atom. The lowest BCUT2D eigenvalue weighted by Crippen LogP contribution is -2.41. The Kier molecular flexibility index (Phi) is 3.58. The van der Waals surface area contributed by atoms with Crippen molar-refractivity contribution in [2.45, 2.75) is 4.90 Å². The SMILES string of the molecule is [NH3+]c1cccc2c(O)c(S(=O)(=O)N3CCOCC3)ccc12. The molecule has 0 aliphatic carbocycles. The Balaban J connectivity index is 2.14. The van der Waals surface area contributed by atoms with E-state index in [4.69, 9.17) is 4.74 Å². The number of quaternary nitrogens is 1. The summed E-state index contributed by atoms with van der Waals surface area (Å²) in [6.07, 6.45) is 0. The molecular weight excluding hydrogens is 292 g/mol. The number of hydrogen-bond acceptors (Lipinski definition) is 4. The lowest BCUT2D eigenvalue weighted by atomic mass is 10.1. The number of hydrogen-bond donors (Lipinski definition) is 2. The number of morpholine rings is 1. The number of phenols is 1. The molecule has 7 heteroatoms. The molecule has 0 radical (unpaired) electrons. The Morgan fingerprint density at radius 3 is 2.52 bits per heavy atom. The highest BCUT2D eigenvalue weighted by Gasteiger charge is 2.29. The summed E-state index contributed by atoms with van der Waals surface area (Å²) >= 11 is 0. The normalized spacial score (nSPS) is 17.2. The second-order valence-electron chi connectivity index (χ2n) is 4.94. The van der Waals surface area contributed by atoms with Gasteiger partial charge in [-0.2, -0.15) is 4.31 Å². The van der Waals surface area contributed by atoms with E-state index in [1.54, 1.807) is 18.2 Å². The predicted octanol–water partition coefficient (Wildman–Crippen LogP) is 0.440. The van der Waals surface area contributed by atoms with E-state index in [0.29, 0.717) is 31.7 Å². The molecule has 1 fully saturated rings. The minimum Gasteiger partial charge on any atom is -0.506 e. The van der Waals surface area contributed by atoms with Crippen LogP contribution in [0.1, 0.15) is 0 Å². The topological polar surface area (TPSA) is 94.5 Å². The molecule has 0 unspecified atom stereocenters. The van der Waals surface area contributed by atoms with Gasteiger partial charge in [-0.3, -0.25) is 0 Å². The third-order valence-electron chi connectivity index (χ3n) is 3.67. The van der Waals surface area contributed by atoms with Crippen molar-refractivity contribution in [1.29, 1.82) is 0 Å². The molecule has 0 aromatic heterocycles. The molecule has 0 bridgehead atoms. The van der Waals surface area contributed by atoms with E-state index in [-0.39, 0.29) is 10.6 Å². The number of sulfonamides is 1. The van der Waals surface area contributed by atoms with Gasteiger partial charge in [-0.15, -0.1) is 0 Å². The summed E-state index contributed by atoms with van der Waals surface area (Å²) in [5, 5.41) is 11.6. The van der Waals surface area contributed by atoms with Crippen molar-refractivity contribution in [2.75, 3.05) is 26.3 Å². The second-order valence-corrected chi connectivity index (χ2v) is 6.85. The Hall–Kier alpha value is -1.67. The highest BCUT2D eigenvalue weighted by Crippen LogP contribution is 2.35. The lowest BCUT2D eigenvalue weighted by Gasteiger charge is -2.26. The highest BCUT2D eigenvalue weighted by molar-refractivity contribution is 7.89. The zero-order valence-electron chi connectivity index (χ0n) is 11.4. The number of aromatic hydroxyl groups is 1. The molecule has 4 N–H and O–H groups in total. The van der Waals surface area contributed by atoms with Crippen LogP contribution in [0.25, 0.3) is 10.8 Å². The van der Waals surface area contributed by atoms with Crippen LogP contribution in [-0.2, 0) is 14.8 Å². The Morgan fingerprint density at radius 1 is 1.10 bits per heavy atom. The summed E-state index contributed by atoms with van der Waals surface area (Å²) in [4.78, 5) is -0.0671. The first-order valence-corrected chi connectivity index (χ1v) is 8.10. The van der Waals surface area contributed by atoms with Gasteiger partial charge in [0.15, 0.2) is 0 Å². The van der Waals surface area contributed by atoms with Gasteiger partial charge >= 0.3 is 0 Å². The minimum absolute atomic E-state index is 0.0671. The van der Waals surface area contributed by atoms with E-state index in [0.717, 1.165) is 11.1 Å². The molecule has 0 saturated carbocycles. The van der Waals surface area contributed by atoms with Crippen LogP contribution in [0.5, 0.6) is 5.75 Å². The number of phenolic OH excluding ortho intramolecular Hbond substituents is 1. The summed E-state index contributed by atoms with van der Waals surface area (Å²) in [6, 6.07) is 8.38. The molecule has 1 aliphatic rings. The van der Waals surface area contributed by atoms with E-state index >= 15 is 0 Å². The molecule has 2 aromatic rings. The molecule has 1 heterocycles. The number of nitrogens with zero attached hydrogens (tertiary/aromatic N) is 1.